The Balaban J connectivity index is 1.94. The molecule has 0 bridgehead atoms. The lowest BCUT2D eigenvalue weighted by Gasteiger charge is -2.04. The van der Waals surface area contributed by atoms with E-state index < -0.39 is 6.10 Å². The average Bonchev–Trinajstić information content (AvgIpc) is 2.87. The Morgan fingerprint density at radius 1 is 1.30 bits per heavy atom. The van der Waals surface area contributed by atoms with Crippen LogP contribution in [0.3, 0.4) is 0 Å². The first-order valence-corrected chi connectivity index (χ1v) is 6.83. The highest BCUT2D eigenvalue weighted by atomic mass is 16.5. The van der Waals surface area contributed by atoms with Crippen molar-refractivity contribution < 1.29 is 14.4 Å². The number of ether oxygens (including phenoxy) is 1. The minimum atomic E-state index is -0.408. The average molecular weight is 276 g/mol. The van der Waals surface area contributed by atoms with Crippen molar-refractivity contribution in [1.29, 1.82) is 0 Å². The zero-order chi connectivity index (χ0) is 14.4. The topological polar surface area (TPSA) is 68.4 Å². The monoisotopic (exact) mass is 276 g/mol. The van der Waals surface area contributed by atoms with Gasteiger partial charge >= 0.3 is 0 Å². The van der Waals surface area contributed by atoms with Crippen LogP contribution in [0.1, 0.15) is 37.0 Å². The smallest absolute Gasteiger partial charge is 0.229 e. The molecule has 0 aliphatic carbocycles. The third-order valence-corrected chi connectivity index (χ3v) is 3.06. The van der Waals surface area contributed by atoms with Crippen molar-refractivity contribution in [3.63, 3.8) is 0 Å². The predicted octanol–water partition coefficient (Wildman–Crippen LogP) is 2.37. The van der Waals surface area contributed by atoms with Crippen molar-refractivity contribution >= 4 is 0 Å². The van der Waals surface area contributed by atoms with Gasteiger partial charge in [0.15, 0.2) is 5.82 Å². The molecule has 1 heterocycles. The van der Waals surface area contributed by atoms with Crippen molar-refractivity contribution in [1.82, 2.24) is 10.1 Å². The van der Waals surface area contributed by atoms with Crippen LogP contribution < -0.4 is 4.74 Å². The summed E-state index contributed by atoms with van der Waals surface area (Å²) in [5.41, 5.74) is 1.09. The second-order valence-corrected chi connectivity index (χ2v) is 4.78. The zero-order valence-corrected chi connectivity index (χ0v) is 11.9. The van der Waals surface area contributed by atoms with Crippen molar-refractivity contribution in [3.8, 4) is 5.75 Å². The number of hydrogen-bond acceptors (Lipinski definition) is 5. The van der Waals surface area contributed by atoms with Gasteiger partial charge < -0.3 is 14.4 Å². The molecule has 2 aromatic rings. The van der Waals surface area contributed by atoms with Crippen LogP contribution in [0.15, 0.2) is 28.8 Å². The molecule has 1 aromatic carbocycles. The molecule has 0 fully saturated rings. The van der Waals surface area contributed by atoms with Gasteiger partial charge in [-0.15, -0.1) is 0 Å². The van der Waals surface area contributed by atoms with Gasteiger partial charge in [-0.25, -0.2) is 0 Å². The summed E-state index contributed by atoms with van der Waals surface area (Å²) in [7, 11) is 1.64. The number of hydrogen-bond donors (Lipinski definition) is 1. The Bertz CT molecular complexity index is 522. The summed E-state index contributed by atoms with van der Waals surface area (Å²) in [5.74, 6) is 1.95. The van der Waals surface area contributed by atoms with Crippen LogP contribution >= 0.6 is 0 Å². The van der Waals surface area contributed by atoms with Gasteiger partial charge in [0.25, 0.3) is 0 Å². The summed E-state index contributed by atoms with van der Waals surface area (Å²) in [4.78, 5) is 4.30. The van der Waals surface area contributed by atoms with Gasteiger partial charge in [-0.3, -0.25) is 0 Å². The predicted molar refractivity (Wildman–Crippen MR) is 74.7 cm³/mol. The molecule has 0 spiro atoms. The molecule has 108 valence electrons. The van der Waals surface area contributed by atoms with Gasteiger partial charge in [-0.1, -0.05) is 30.6 Å². The maximum absolute atomic E-state index is 9.72. The van der Waals surface area contributed by atoms with Crippen LogP contribution in [0.2, 0.25) is 0 Å². The molecular formula is C15H20N2O3. The minimum absolute atomic E-state index is 0.408. The number of rotatable bonds is 7. The molecule has 1 N–H and O–H groups in total. The summed E-state index contributed by atoms with van der Waals surface area (Å²) in [5, 5.41) is 13.7. The molecule has 0 saturated heterocycles. The summed E-state index contributed by atoms with van der Waals surface area (Å²) in [6.45, 7) is 2.03. The summed E-state index contributed by atoms with van der Waals surface area (Å²) < 4.78 is 10.3. The van der Waals surface area contributed by atoms with Gasteiger partial charge in [0, 0.05) is 6.42 Å². The lowest BCUT2D eigenvalue weighted by molar-refractivity contribution is 0.151. The molecule has 5 heteroatoms. The van der Waals surface area contributed by atoms with E-state index in [9.17, 15) is 5.11 Å². The number of methoxy groups -OCH3 is 1. The third kappa shape index (κ3) is 4.06. The minimum Gasteiger partial charge on any atom is -0.497 e. The second-order valence-electron chi connectivity index (χ2n) is 4.78. The first-order chi connectivity index (χ1) is 9.71. The number of aliphatic hydroxyl groups excluding tert-OH is 1. The fourth-order valence-corrected chi connectivity index (χ4v) is 2.01. The molecule has 2 rings (SSSR count). The highest BCUT2D eigenvalue weighted by molar-refractivity contribution is 5.28. The molecule has 20 heavy (non-hydrogen) atoms. The van der Waals surface area contributed by atoms with Crippen molar-refractivity contribution in [2.45, 2.75) is 38.7 Å². The largest absolute Gasteiger partial charge is 0.497 e. The fraction of sp³-hybridized carbons (Fsp3) is 0.467. The van der Waals surface area contributed by atoms with E-state index in [1.807, 2.05) is 31.2 Å². The number of nitrogens with zero attached hydrogens (tertiary/aromatic N) is 2. The first kappa shape index (κ1) is 14.5. The molecule has 1 unspecified atom stereocenters. The Kier molecular flexibility index (Phi) is 5.12. The van der Waals surface area contributed by atoms with Crippen molar-refractivity contribution in [2.75, 3.05) is 7.11 Å². The highest BCUT2D eigenvalue weighted by Gasteiger charge is 2.12. The normalized spacial score (nSPS) is 12.3. The van der Waals surface area contributed by atoms with E-state index in [2.05, 4.69) is 10.1 Å². The maximum Gasteiger partial charge on any atom is 0.229 e. The van der Waals surface area contributed by atoms with Crippen LogP contribution in [0.25, 0.3) is 0 Å². The fourth-order valence-electron chi connectivity index (χ4n) is 2.01. The summed E-state index contributed by atoms with van der Waals surface area (Å²) in [6, 6.07) is 7.75. The highest BCUT2D eigenvalue weighted by Crippen LogP contribution is 2.14. The van der Waals surface area contributed by atoms with Crippen molar-refractivity contribution in [3.05, 3.63) is 41.5 Å². The third-order valence-electron chi connectivity index (χ3n) is 3.06. The molecule has 0 aliphatic heterocycles. The molecule has 0 aliphatic rings. The van der Waals surface area contributed by atoms with Gasteiger partial charge in [0.2, 0.25) is 5.89 Å². The lowest BCUT2D eigenvalue weighted by Crippen LogP contribution is -2.09. The van der Waals surface area contributed by atoms with E-state index >= 15 is 0 Å². The van der Waals surface area contributed by atoms with Crippen LogP contribution in [0.4, 0.5) is 0 Å². The Labute approximate surface area is 118 Å². The Morgan fingerprint density at radius 3 is 2.70 bits per heavy atom. The van der Waals surface area contributed by atoms with Gasteiger partial charge in [-0.05, 0) is 24.1 Å². The van der Waals surface area contributed by atoms with Crippen LogP contribution in [-0.2, 0) is 12.8 Å². The molecule has 0 saturated carbocycles. The van der Waals surface area contributed by atoms with Crippen molar-refractivity contribution in [2.24, 2.45) is 0 Å². The first-order valence-electron chi connectivity index (χ1n) is 6.83. The lowest BCUT2D eigenvalue weighted by atomic mass is 10.1. The van der Waals surface area contributed by atoms with E-state index in [0.717, 1.165) is 24.2 Å². The van der Waals surface area contributed by atoms with Gasteiger partial charge in [-0.2, -0.15) is 4.98 Å². The number of benzene rings is 1. The molecular weight excluding hydrogens is 256 g/mol. The van der Waals surface area contributed by atoms with E-state index in [4.69, 9.17) is 9.26 Å². The van der Waals surface area contributed by atoms with E-state index in [1.165, 1.54) is 0 Å². The van der Waals surface area contributed by atoms with Crippen LogP contribution in [0.5, 0.6) is 5.75 Å². The molecule has 0 amide bonds. The van der Waals surface area contributed by atoms with Gasteiger partial charge in [0.05, 0.1) is 19.6 Å². The molecule has 5 nitrogen and oxygen atoms in total. The summed E-state index contributed by atoms with van der Waals surface area (Å²) >= 11 is 0. The Morgan fingerprint density at radius 2 is 2.05 bits per heavy atom. The quantitative estimate of drug-likeness (QED) is 0.840. The van der Waals surface area contributed by atoms with Crippen LogP contribution in [0, 0.1) is 0 Å². The van der Waals surface area contributed by atoms with E-state index in [-0.39, 0.29) is 0 Å². The molecule has 1 aromatic heterocycles. The molecule has 0 radical (unpaired) electrons. The van der Waals surface area contributed by atoms with Gasteiger partial charge in [0.1, 0.15) is 5.75 Å². The van der Waals surface area contributed by atoms with E-state index in [1.54, 1.807) is 7.11 Å². The number of aliphatic hydroxyl groups is 1. The molecule has 1 atom stereocenters. The summed E-state index contributed by atoms with van der Waals surface area (Å²) in [6.07, 6.45) is 2.31. The van der Waals surface area contributed by atoms with E-state index in [0.29, 0.717) is 24.6 Å². The maximum atomic E-state index is 9.72. The Hall–Kier alpha value is -1.88. The second kappa shape index (κ2) is 7.05. The zero-order valence-electron chi connectivity index (χ0n) is 11.9. The number of aromatic nitrogens is 2. The SMILES string of the molecule is CCCC(O)Cc1nc(Cc2ccc(OC)cc2)no1. The van der Waals surface area contributed by atoms with Crippen LogP contribution in [-0.4, -0.2) is 28.5 Å². The standard InChI is InChI=1S/C15H20N2O3/c1-3-4-12(18)10-15-16-14(17-20-15)9-11-5-7-13(19-2)8-6-11/h5-8,12,18H,3-4,9-10H2,1-2H3.